The van der Waals surface area contributed by atoms with E-state index in [0.29, 0.717) is 18.6 Å². The molecule has 0 saturated carbocycles. The van der Waals surface area contributed by atoms with Crippen LogP contribution in [0.15, 0.2) is 0 Å². The largest absolute Gasteiger partial charge is 0.480 e. The smallest absolute Gasteiger partial charge is 0.326 e. The average molecular weight is 461 g/mol. The van der Waals surface area contributed by atoms with Crippen LogP contribution in [0.25, 0.3) is 0 Å². The number of amides is 3. The molecule has 9 nitrogen and oxygen atoms in total. The number of nitrogens with one attached hydrogen (secondary N) is 3. The van der Waals surface area contributed by atoms with E-state index >= 15 is 0 Å². The Morgan fingerprint density at radius 2 is 1.35 bits per heavy atom. The zero-order valence-electron chi connectivity index (χ0n) is 19.7. The number of hydrogen-bond acceptors (Lipinski definition) is 6. The minimum absolute atomic E-state index is 0.233. The fraction of sp³-hybridized carbons (Fsp3) is 0.810. The minimum Gasteiger partial charge on any atom is -0.480 e. The van der Waals surface area contributed by atoms with Gasteiger partial charge in [0.25, 0.3) is 0 Å². The van der Waals surface area contributed by atoms with Gasteiger partial charge in [-0.05, 0) is 42.6 Å². The summed E-state index contributed by atoms with van der Waals surface area (Å²) in [6.07, 6.45) is 2.76. The summed E-state index contributed by atoms with van der Waals surface area (Å²) in [5.41, 5.74) is 5.94. The Balaban J connectivity index is 5.36. The maximum absolute atomic E-state index is 12.9. The zero-order chi connectivity index (χ0) is 24.3. The van der Waals surface area contributed by atoms with Crippen LogP contribution in [0.3, 0.4) is 0 Å². The van der Waals surface area contributed by atoms with Crippen molar-refractivity contribution in [3.63, 3.8) is 0 Å². The van der Waals surface area contributed by atoms with E-state index in [1.807, 2.05) is 20.1 Å². The van der Waals surface area contributed by atoms with Gasteiger partial charge in [0, 0.05) is 0 Å². The maximum Gasteiger partial charge on any atom is 0.326 e. The molecule has 0 aromatic carbocycles. The van der Waals surface area contributed by atoms with Crippen molar-refractivity contribution in [3.8, 4) is 0 Å². The van der Waals surface area contributed by atoms with Gasteiger partial charge in [0.1, 0.15) is 18.1 Å². The topological polar surface area (TPSA) is 151 Å². The lowest BCUT2D eigenvalue weighted by Crippen LogP contribution is -2.59. The van der Waals surface area contributed by atoms with Gasteiger partial charge in [-0.1, -0.05) is 41.5 Å². The summed E-state index contributed by atoms with van der Waals surface area (Å²) in [6, 6.07) is -3.57. The molecule has 0 saturated heterocycles. The molecule has 0 aromatic heterocycles. The fourth-order valence-electron chi connectivity index (χ4n) is 2.94. The summed E-state index contributed by atoms with van der Waals surface area (Å²) < 4.78 is 0. The van der Waals surface area contributed by atoms with Crippen LogP contribution in [-0.4, -0.2) is 65.0 Å². The number of hydrogen-bond donors (Lipinski definition) is 5. The molecule has 0 aliphatic carbocycles. The predicted octanol–water partition coefficient (Wildman–Crippen LogP) is 0.964. The van der Waals surface area contributed by atoms with Crippen molar-refractivity contribution in [2.75, 3.05) is 12.0 Å². The molecular weight excluding hydrogens is 420 g/mol. The van der Waals surface area contributed by atoms with Crippen molar-refractivity contribution in [1.82, 2.24) is 16.0 Å². The van der Waals surface area contributed by atoms with Crippen molar-refractivity contribution in [2.45, 2.75) is 78.6 Å². The number of carbonyl (C=O) groups excluding carboxylic acids is 3. The Morgan fingerprint density at radius 1 is 0.839 bits per heavy atom. The van der Waals surface area contributed by atoms with Crippen molar-refractivity contribution < 1.29 is 24.3 Å². The Labute approximate surface area is 190 Å². The average Bonchev–Trinajstić information content (AvgIpc) is 2.65. The van der Waals surface area contributed by atoms with Gasteiger partial charge < -0.3 is 26.8 Å². The second-order valence-electron chi connectivity index (χ2n) is 8.88. The lowest BCUT2D eigenvalue weighted by molar-refractivity contribution is -0.143. The molecule has 4 atom stereocenters. The third-order valence-corrected chi connectivity index (χ3v) is 5.43. The van der Waals surface area contributed by atoms with Gasteiger partial charge in [0.2, 0.25) is 17.7 Å². The molecule has 0 rings (SSSR count). The van der Waals surface area contributed by atoms with Crippen molar-refractivity contribution >= 4 is 35.5 Å². The second kappa shape index (κ2) is 14.3. The normalized spacial score (nSPS) is 15.3. The van der Waals surface area contributed by atoms with Crippen LogP contribution in [0.5, 0.6) is 0 Å². The number of thioether (sulfide) groups is 1. The highest BCUT2D eigenvalue weighted by atomic mass is 32.2. The van der Waals surface area contributed by atoms with Gasteiger partial charge in [0.05, 0.1) is 6.04 Å². The summed E-state index contributed by atoms with van der Waals surface area (Å²) in [5.74, 6) is -2.36. The van der Waals surface area contributed by atoms with E-state index in [-0.39, 0.29) is 17.8 Å². The molecule has 3 amide bonds. The fourth-order valence-corrected chi connectivity index (χ4v) is 3.42. The first kappa shape index (κ1) is 29.2. The summed E-state index contributed by atoms with van der Waals surface area (Å²) in [7, 11) is 0. The molecule has 6 N–H and O–H groups in total. The van der Waals surface area contributed by atoms with E-state index in [0.717, 1.165) is 0 Å². The van der Waals surface area contributed by atoms with Gasteiger partial charge in [-0.15, -0.1) is 0 Å². The van der Waals surface area contributed by atoms with E-state index < -0.39 is 47.9 Å². The molecule has 31 heavy (non-hydrogen) atoms. The molecular formula is C21H40N4O5S. The monoisotopic (exact) mass is 460 g/mol. The Kier molecular flexibility index (Phi) is 13.5. The third-order valence-electron chi connectivity index (χ3n) is 4.78. The highest BCUT2D eigenvalue weighted by Gasteiger charge is 2.32. The van der Waals surface area contributed by atoms with Crippen LogP contribution >= 0.6 is 11.8 Å². The molecule has 0 aromatic rings. The van der Waals surface area contributed by atoms with Crippen LogP contribution in [0.1, 0.15) is 54.4 Å². The molecule has 10 heteroatoms. The molecule has 0 aliphatic heterocycles. The molecule has 0 aliphatic rings. The van der Waals surface area contributed by atoms with Gasteiger partial charge in [0.15, 0.2) is 0 Å². The summed E-state index contributed by atoms with van der Waals surface area (Å²) in [5, 5.41) is 17.2. The number of aliphatic carboxylic acids is 1. The number of rotatable bonds is 14. The van der Waals surface area contributed by atoms with Gasteiger partial charge in [-0.25, -0.2) is 4.79 Å². The summed E-state index contributed by atoms with van der Waals surface area (Å²) >= 11 is 1.53. The zero-order valence-corrected chi connectivity index (χ0v) is 20.5. The Hall–Kier alpha value is -1.81. The first-order valence-corrected chi connectivity index (χ1v) is 12.1. The van der Waals surface area contributed by atoms with Crippen molar-refractivity contribution in [1.29, 1.82) is 0 Å². The van der Waals surface area contributed by atoms with Crippen molar-refractivity contribution in [2.24, 2.45) is 23.5 Å². The molecule has 0 spiro atoms. The Bertz CT molecular complexity index is 613. The quantitative estimate of drug-likeness (QED) is 0.259. The molecule has 180 valence electrons. The number of nitrogens with two attached hydrogens (primary N) is 1. The lowest BCUT2D eigenvalue weighted by Gasteiger charge is -2.28. The molecule has 0 radical (unpaired) electrons. The van der Waals surface area contributed by atoms with E-state index in [4.69, 9.17) is 5.73 Å². The summed E-state index contributed by atoms with van der Waals surface area (Å²) in [4.78, 5) is 49.5. The van der Waals surface area contributed by atoms with E-state index in [1.165, 1.54) is 11.8 Å². The SMILES string of the molecule is CSCCC(NC(=O)C(N)CC(C)C)C(=O)NC(C(=O)NC(C(=O)O)C(C)C)C(C)C. The standard InChI is InChI=1S/C21H40N4O5S/c1-11(2)10-14(22)18(26)23-15(8-9-31-7)19(27)24-16(12(3)4)20(28)25-17(13(5)6)21(29)30/h11-17H,8-10,22H2,1-7H3,(H,23,26)(H,24,27)(H,25,28)(H,29,30). The number of carbonyl (C=O) groups is 4. The molecule has 0 bridgehead atoms. The predicted molar refractivity (Wildman–Crippen MR) is 124 cm³/mol. The van der Waals surface area contributed by atoms with Crippen LogP contribution in [0.4, 0.5) is 0 Å². The molecule has 4 unspecified atom stereocenters. The first-order chi connectivity index (χ1) is 14.3. The highest BCUT2D eigenvalue weighted by Crippen LogP contribution is 2.09. The molecule has 0 fully saturated rings. The van der Waals surface area contributed by atoms with E-state index in [1.54, 1.807) is 27.7 Å². The van der Waals surface area contributed by atoms with E-state index in [2.05, 4.69) is 16.0 Å². The minimum atomic E-state index is -1.14. The van der Waals surface area contributed by atoms with Crippen LogP contribution in [0.2, 0.25) is 0 Å². The number of carboxylic acid groups (broad SMARTS) is 1. The second-order valence-corrected chi connectivity index (χ2v) is 9.86. The first-order valence-electron chi connectivity index (χ1n) is 10.7. The third kappa shape index (κ3) is 10.9. The summed E-state index contributed by atoms with van der Waals surface area (Å²) in [6.45, 7) is 10.8. The Morgan fingerprint density at radius 3 is 1.77 bits per heavy atom. The number of carboxylic acids is 1. The highest BCUT2D eigenvalue weighted by molar-refractivity contribution is 7.98. The van der Waals surface area contributed by atoms with Crippen LogP contribution in [0, 0.1) is 17.8 Å². The van der Waals surface area contributed by atoms with Crippen LogP contribution < -0.4 is 21.7 Å². The maximum atomic E-state index is 12.9. The molecule has 0 heterocycles. The van der Waals surface area contributed by atoms with E-state index in [9.17, 15) is 24.3 Å². The van der Waals surface area contributed by atoms with Gasteiger partial charge >= 0.3 is 5.97 Å². The van der Waals surface area contributed by atoms with Gasteiger partial charge in [-0.3, -0.25) is 14.4 Å². The lowest BCUT2D eigenvalue weighted by atomic mass is 9.99. The van der Waals surface area contributed by atoms with Gasteiger partial charge in [-0.2, -0.15) is 11.8 Å². The van der Waals surface area contributed by atoms with Crippen molar-refractivity contribution in [3.05, 3.63) is 0 Å². The van der Waals surface area contributed by atoms with Crippen LogP contribution in [-0.2, 0) is 19.2 Å².